The zero-order chi connectivity index (χ0) is 13.7. The van der Waals surface area contributed by atoms with Crippen molar-refractivity contribution in [1.82, 2.24) is 4.90 Å². The molecule has 0 spiro atoms. The first-order chi connectivity index (χ1) is 8.51. The van der Waals surface area contributed by atoms with Gasteiger partial charge in [0.15, 0.2) is 11.5 Å². The van der Waals surface area contributed by atoms with Gasteiger partial charge in [0.1, 0.15) is 0 Å². The van der Waals surface area contributed by atoms with Crippen molar-refractivity contribution < 1.29 is 23.0 Å². The highest BCUT2D eigenvalue weighted by Gasteiger charge is 2.21. The lowest BCUT2D eigenvalue weighted by Gasteiger charge is -2.18. The molecule has 0 saturated carbocycles. The molecular formula is C12H15F2NO3. The predicted octanol–water partition coefficient (Wildman–Crippen LogP) is 2.39. The van der Waals surface area contributed by atoms with Crippen LogP contribution >= 0.6 is 0 Å². The Labute approximate surface area is 104 Å². The van der Waals surface area contributed by atoms with Crippen LogP contribution in [0.15, 0.2) is 18.2 Å². The van der Waals surface area contributed by atoms with Crippen molar-refractivity contribution in [1.29, 1.82) is 0 Å². The molecule has 1 amide bonds. The third kappa shape index (κ3) is 3.09. The molecule has 4 nitrogen and oxygen atoms in total. The predicted molar refractivity (Wildman–Crippen MR) is 62.3 cm³/mol. The number of benzene rings is 1. The van der Waals surface area contributed by atoms with Crippen LogP contribution in [0.2, 0.25) is 0 Å². The van der Waals surface area contributed by atoms with E-state index in [1.165, 1.54) is 24.1 Å². The summed E-state index contributed by atoms with van der Waals surface area (Å²) in [6.07, 6.45) is 0. The van der Waals surface area contributed by atoms with Crippen LogP contribution in [0.1, 0.15) is 17.3 Å². The quantitative estimate of drug-likeness (QED) is 0.815. The monoisotopic (exact) mass is 259 g/mol. The van der Waals surface area contributed by atoms with E-state index in [0.29, 0.717) is 6.54 Å². The molecule has 0 aliphatic heterocycles. The molecule has 1 aromatic rings. The molecule has 0 aliphatic rings. The summed E-state index contributed by atoms with van der Waals surface area (Å²) in [5.41, 5.74) is 0.0546. The zero-order valence-corrected chi connectivity index (χ0v) is 10.4. The van der Waals surface area contributed by atoms with E-state index < -0.39 is 12.5 Å². The minimum Gasteiger partial charge on any atom is -0.493 e. The number of carbonyl (C=O) groups excluding carboxylic acids is 1. The standard InChI is InChI=1S/C12H15F2NO3/c1-4-15(2)11(16)8-6-5-7-9(17-3)10(8)18-12(13)14/h5-7,12H,4H2,1-3H3. The molecule has 0 bridgehead atoms. The van der Waals surface area contributed by atoms with Gasteiger partial charge in [0.05, 0.1) is 12.7 Å². The summed E-state index contributed by atoms with van der Waals surface area (Å²) in [6.45, 7) is -0.768. The molecule has 0 radical (unpaired) electrons. The Balaban J connectivity index is 3.21. The highest BCUT2D eigenvalue weighted by molar-refractivity contribution is 5.97. The van der Waals surface area contributed by atoms with E-state index in [1.54, 1.807) is 20.0 Å². The third-order valence-electron chi connectivity index (χ3n) is 2.46. The van der Waals surface area contributed by atoms with E-state index in [1.807, 2.05) is 0 Å². The van der Waals surface area contributed by atoms with Gasteiger partial charge in [-0.15, -0.1) is 0 Å². The lowest BCUT2D eigenvalue weighted by Crippen LogP contribution is -2.27. The van der Waals surface area contributed by atoms with Crippen molar-refractivity contribution in [3.63, 3.8) is 0 Å². The fourth-order valence-corrected chi connectivity index (χ4v) is 1.40. The van der Waals surface area contributed by atoms with Crippen LogP contribution in [0.3, 0.4) is 0 Å². The van der Waals surface area contributed by atoms with Gasteiger partial charge in [0.25, 0.3) is 5.91 Å². The molecule has 6 heteroatoms. The van der Waals surface area contributed by atoms with Crippen molar-refractivity contribution in [2.45, 2.75) is 13.5 Å². The summed E-state index contributed by atoms with van der Waals surface area (Å²) in [5, 5.41) is 0. The van der Waals surface area contributed by atoms with Gasteiger partial charge in [0, 0.05) is 13.6 Å². The fourth-order valence-electron chi connectivity index (χ4n) is 1.40. The molecule has 0 fully saturated rings. The van der Waals surface area contributed by atoms with E-state index in [4.69, 9.17) is 4.74 Å². The number of ether oxygens (including phenoxy) is 2. The molecule has 0 heterocycles. The Morgan fingerprint density at radius 1 is 1.44 bits per heavy atom. The first kappa shape index (κ1) is 14.2. The van der Waals surface area contributed by atoms with Crippen molar-refractivity contribution in [2.24, 2.45) is 0 Å². The van der Waals surface area contributed by atoms with E-state index >= 15 is 0 Å². The van der Waals surface area contributed by atoms with Gasteiger partial charge in [-0.25, -0.2) is 0 Å². The number of methoxy groups -OCH3 is 1. The van der Waals surface area contributed by atoms with E-state index in [2.05, 4.69) is 4.74 Å². The molecule has 0 saturated heterocycles. The highest BCUT2D eigenvalue weighted by atomic mass is 19.3. The summed E-state index contributed by atoms with van der Waals surface area (Å²) in [6, 6.07) is 4.43. The second-order valence-electron chi connectivity index (χ2n) is 3.53. The smallest absolute Gasteiger partial charge is 0.387 e. The number of hydrogen-bond donors (Lipinski definition) is 0. The summed E-state index contributed by atoms with van der Waals surface area (Å²) in [4.78, 5) is 13.4. The molecule has 0 aliphatic carbocycles. The summed E-state index contributed by atoms with van der Waals surface area (Å²) in [7, 11) is 2.90. The normalized spacial score (nSPS) is 10.3. The number of carbonyl (C=O) groups is 1. The van der Waals surface area contributed by atoms with Crippen LogP contribution in [0.5, 0.6) is 11.5 Å². The van der Waals surface area contributed by atoms with Crippen LogP contribution in [0.25, 0.3) is 0 Å². The molecule has 0 aromatic heterocycles. The second kappa shape index (κ2) is 6.18. The van der Waals surface area contributed by atoms with Crippen LogP contribution in [0.4, 0.5) is 8.78 Å². The van der Waals surface area contributed by atoms with Crippen molar-refractivity contribution >= 4 is 5.91 Å². The zero-order valence-electron chi connectivity index (χ0n) is 10.4. The maximum Gasteiger partial charge on any atom is 0.387 e. The first-order valence-electron chi connectivity index (χ1n) is 5.38. The van der Waals surface area contributed by atoms with Gasteiger partial charge in [-0.2, -0.15) is 8.78 Å². The minimum atomic E-state index is -3.01. The number of rotatable bonds is 5. The Morgan fingerprint density at radius 2 is 2.11 bits per heavy atom. The Morgan fingerprint density at radius 3 is 2.61 bits per heavy atom. The van der Waals surface area contributed by atoms with Gasteiger partial charge >= 0.3 is 6.61 Å². The molecule has 0 atom stereocenters. The SMILES string of the molecule is CCN(C)C(=O)c1cccc(OC)c1OC(F)F. The number of nitrogens with zero attached hydrogens (tertiary/aromatic N) is 1. The number of amides is 1. The summed E-state index contributed by atoms with van der Waals surface area (Å²) in [5.74, 6) is -0.530. The third-order valence-corrected chi connectivity index (χ3v) is 2.46. The van der Waals surface area contributed by atoms with E-state index in [0.717, 1.165) is 0 Å². The maximum atomic E-state index is 12.4. The van der Waals surface area contributed by atoms with Gasteiger partial charge in [-0.1, -0.05) is 6.07 Å². The molecule has 100 valence electrons. The first-order valence-corrected chi connectivity index (χ1v) is 5.38. The maximum absolute atomic E-state index is 12.4. The molecular weight excluding hydrogens is 244 g/mol. The van der Waals surface area contributed by atoms with Crippen molar-refractivity contribution in [3.8, 4) is 11.5 Å². The minimum absolute atomic E-state index is 0.0546. The van der Waals surface area contributed by atoms with E-state index in [9.17, 15) is 13.6 Å². The van der Waals surface area contributed by atoms with Crippen molar-refractivity contribution in [2.75, 3.05) is 20.7 Å². The molecule has 0 unspecified atom stereocenters. The summed E-state index contributed by atoms with van der Waals surface area (Å²) < 4.78 is 34.0. The highest BCUT2D eigenvalue weighted by Crippen LogP contribution is 2.33. The van der Waals surface area contributed by atoms with Gasteiger partial charge in [-0.3, -0.25) is 4.79 Å². The number of halogens is 2. The van der Waals surface area contributed by atoms with Crippen molar-refractivity contribution in [3.05, 3.63) is 23.8 Å². The van der Waals surface area contributed by atoms with Crippen LogP contribution in [-0.2, 0) is 0 Å². The van der Waals surface area contributed by atoms with Crippen LogP contribution in [0, 0.1) is 0 Å². The lowest BCUT2D eigenvalue weighted by atomic mass is 10.1. The molecule has 0 N–H and O–H groups in total. The Kier molecular flexibility index (Phi) is 4.88. The largest absolute Gasteiger partial charge is 0.493 e. The number of para-hydroxylation sites is 1. The lowest BCUT2D eigenvalue weighted by molar-refractivity contribution is -0.0516. The number of hydrogen-bond acceptors (Lipinski definition) is 3. The van der Waals surface area contributed by atoms with Gasteiger partial charge in [0.2, 0.25) is 0 Å². The van der Waals surface area contributed by atoms with Gasteiger partial charge in [-0.05, 0) is 19.1 Å². The molecule has 18 heavy (non-hydrogen) atoms. The Hall–Kier alpha value is -1.85. The second-order valence-corrected chi connectivity index (χ2v) is 3.53. The average molecular weight is 259 g/mol. The Bertz CT molecular complexity index is 424. The van der Waals surface area contributed by atoms with E-state index in [-0.39, 0.29) is 17.1 Å². The van der Waals surface area contributed by atoms with Crippen LogP contribution in [-0.4, -0.2) is 38.1 Å². The number of alkyl halides is 2. The van der Waals surface area contributed by atoms with Gasteiger partial charge < -0.3 is 14.4 Å². The fraction of sp³-hybridized carbons (Fsp3) is 0.417. The molecule has 1 aromatic carbocycles. The summed E-state index contributed by atoms with van der Waals surface area (Å²) >= 11 is 0. The van der Waals surface area contributed by atoms with Crippen LogP contribution < -0.4 is 9.47 Å². The average Bonchev–Trinajstić information content (AvgIpc) is 2.36. The topological polar surface area (TPSA) is 38.8 Å². The molecule has 1 rings (SSSR count).